The van der Waals surface area contributed by atoms with Gasteiger partial charge >= 0.3 is 5.97 Å². The lowest BCUT2D eigenvalue weighted by molar-refractivity contribution is -0.138. The topological polar surface area (TPSA) is 414 Å². The first-order valence-corrected chi connectivity index (χ1v) is 31.6. The maximum atomic E-state index is 14.6. The molecule has 4 aromatic rings. The average Bonchev–Trinajstić information content (AvgIpc) is 1.13. The number of nitrogens with one attached hydrogen (secondary N) is 13. The molecule has 12 atom stereocenters. The van der Waals surface area contributed by atoms with Crippen LogP contribution in [0.25, 0.3) is 0 Å². The molecule has 0 saturated heterocycles. The monoisotopic (exact) mass is 1430 g/mol. The molecule has 12 unspecified atom stereocenters. The Morgan fingerprint density at radius 2 is 1.01 bits per heavy atom. The molecular weight excluding hydrogens is 1350 g/mol. The summed E-state index contributed by atoms with van der Waals surface area (Å²) >= 11 is 2.11. The van der Waals surface area contributed by atoms with E-state index in [4.69, 9.17) is 9.47 Å². The molecule has 29 nitrogen and oxygen atoms in total. The third-order valence-electron chi connectivity index (χ3n) is 15.7. The Balaban J connectivity index is 1.00. The van der Waals surface area contributed by atoms with Crippen LogP contribution in [-0.4, -0.2) is 161 Å². The number of carbonyl (C=O) groups is 14. The smallest absolute Gasteiger partial charge is 0.338 e. The van der Waals surface area contributed by atoms with Crippen LogP contribution in [0.15, 0.2) is 97.1 Å². The highest BCUT2D eigenvalue weighted by Gasteiger charge is 2.46. The number of amides is 13. The van der Waals surface area contributed by atoms with Gasteiger partial charge < -0.3 is 78.6 Å². The Morgan fingerprint density at radius 1 is 0.547 bits per heavy atom. The summed E-state index contributed by atoms with van der Waals surface area (Å²) < 4.78 is 12.7. The third kappa shape index (κ3) is 20.0. The lowest BCUT2D eigenvalue weighted by Gasteiger charge is -2.39. The van der Waals surface area contributed by atoms with Gasteiger partial charge in [0.2, 0.25) is 70.9 Å². The van der Waals surface area contributed by atoms with Crippen LogP contribution in [-0.2, 0) is 75.1 Å². The highest BCUT2D eigenvalue weighted by atomic mass is 127. The largest absolute Gasteiger partial charge is 0.459 e. The van der Waals surface area contributed by atoms with Crippen LogP contribution in [0.5, 0.6) is 11.5 Å². The van der Waals surface area contributed by atoms with Gasteiger partial charge in [-0.05, 0) is 172 Å². The minimum atomic E-state index is -2.08. The van der Waals surface area contributed by atoms with Crippen molar-refractivity contribution in [3.05, 3.63) is 123 Å². The predicted molar refractivity (Wildman–Crippen MR) is 352 cm³/mol. The maximum absolute atomic E-state index is 14.6. The number of hydrogen-bond acceptors (Lipinski definition) is 16. The number of benzene rings is 4. The molecule has 13 amide bonds. The van der Waals surface area contributed by atoms with E-state index in [1.807, 2.05) is 6.07 Å². The standard InChI is InChI=1S/C65H80IN13O16/c1-32(68-52(82)34(3)70-56(86)39(8)76-63(93)65-29-28-42-20-17-23-49(47(42)30-65)95-48-22-16-15-21-46(48)60(90)74-36(5)54(84)73-41(10)59(89)79-65)50(80)67-33(2)51(81)69-35(4)53(83)72-40(9)58(88)78-64(11,31-94-61(91)43-18-13-12-14-19-43)62(92)75-38(7)55(85)71-37(6)57(87)77-45-26-24-44(66)25-27-45/h12-27,32-41H,28-31H2,1-11H3,(H,67,80)(H,68,82)(H,69,81)(H,70,86)(H,71,85)(H,72,83)(H,73,84)(H,74,90)(H,75,92)(H,76,93)(H,77,87)(H,78,88)(H,79,89). The van der Waals surface area contributed by atoms with Gasteiger partial charge in [-0.15, -0.1) is 0 Å². The number of para-hydroxylation sites is 1. The van der Waals surface area contributed by atoms with E-state index >= 15 is 0 Å². The zero-order valence-electron chi connectivity index (χ0n) is 54.2. The van der Waals surface area contributed by atoms with Gasteiger partial charge in [-0.3, -0.25) is 62.3 Å². The number of carbonyl (C=O) groups excluding carboxylic acids is 14. The fraction of sp³-hybridized carbons (Fsp3) is 0.415. The van der Waals surface area contributed by atoms with Crippen molar-refractivity contribution >= 4 is 111 Å². The van der Waals surface area contributed by atoms with Crippen molar-refractivity contribution in [2.45, 2.75) is 167 Å². The summed E-state index contributed by atoms with van der Waals surface area (Å²) in [7, 11) is 0. The molecule has 4 aromatic carbocycles. The van der Waals surface area contributed by atoms with Gasteiger partial charge in [0.25, 0.3) is 5.91 Å². The molecule has 0 aromatic heterocycles. The van der Waals surface area contributed by atoms with E-state index in [0.29, 0.717) is 17.0 Å². The van der Waals surface area contributed by atoms with Crippen LogP contribution in [0.2, 0.25) is 0 Å². The molecule has 2 bridgehead atoms. The fourth-order valence-electron chi connectivity index (χ4n) is 9.62. The van der Waals surface area contributed by atoms with E-state index < -0.39 is 161 Å². The summed E-state index contributed by atoms with van der Waals surface area (Å²) in [4.78, 5) is 189. The second kappa shape index (κ2) is 32.7. The van der Waals surface area contributed by atoms with Crippen LogP contribution in [0, 0.1) is 3.57 Å². The van der Waals surface area contributed by atoms with Crippen molar-refractivity contribution < 1.29 is 76.6 Å². The van der Waals surface area contributed by atoms with Crippen molar-refractivity contribution in [2.75, 3.05) is 11.9 Å². The van der Waals surface area contributed by atoms with Gasteiger partial charge in [-0.1, -0.05) is 42.5 Å². The SMILES string of the molecule is CC1NC(=O)c2ccccc2Oc2cccc3c2CC(C(=O)NC(C)C(=O)NC(C)C(=O)NC(C)C(=O)NC(C)C(=O)NC(C)C(=O)NC(C)C(=O)NC(C)(COC(=O)c2ccccc2)C(=O)NC(C)C(=O)NC(C)C(=O)Nc2ccc(I)cc2)(CC3)NC(=O)C(C)NC1=O. The molecular formula is C65H80IN13O16. The molecule has 0 radical (unpaired) electrons. The van der Waals surface area contributed by atoms with Gasteiger partial charge in [-0.25, -0.2) is 4.79 Å². The average molecular weight is 1430 g/mol. The number of halogens is 1. The summed E-state index contributed by atoms with van der Waals surface area (Å²) in [5, 5.41) is 33.1. The molecule has 1 heterocycles. The van der Waals surface area contributed by atoms with Crippen molar-refractivity contribution in [3.63, 3.8) is 0 Å². The molecule has 508 valence electrons. The van der Waals surface area contributed by atoms with E-state index in [0.717, 1.165) is 9.13 Å². The molecule has 1 aliphatic carbocycles. The van der Waals surface area contributed by atoms with Crippen molar-refractivity contribution in [1.29, 1.82) is 0 Å². The van der Waals surface area contributed by atoms with Crippen LogP contribution in [0.4, 0.5) is 5.69 Å². The zero-order chi connectivity index (χ0) is 70.2. The Hall–Kier alpha value is -10.0. The number of anilines is 1. The Bertz CT molecular complexity index is 3610. The number of ether oxygens (including phenoxy) is 2. The molecule has 30 heteroatoms. The maximum Gasteiger partial charge on any atom is 0.338 e. The third-order valence-corrected chi connectivity index (χ3v) is 16.4. The molecule has 13 N–H and O–H groups in total. The van der Waals surface area contributed by atoms with Gasteiger partial charge in [0.1, 0.15) is 84.1 Å². The second-order valence-corrected chi connectivity index (χ2v) is 24.9. The van der Waals surface area contributed by atoms with E-state index in [1.54, 1.807) is 72.8 Å². The van der Waals surface area contributed by atoms with Crippen LogP contribution in [0.3, 0.4) is 0 Å². The van der Waals surface area contributed by atoms with E-state index in [9.17, 15) is 67.1 Å². The molecule has 0 saturated carbocycles. The van der Waals surface area contributed by atoms with Crippen molar-refractivity contribution in [1.82, 2.24) is 63.8 Å². The van der Waals surface area contributed by atoms with Gasteiger partial charge in [0, 0.05) is 21.2 Å². The number of hydrogen-bond donors (Lipinski definition) is 13. The molecule has 6 rings (SSSR count). The minimum Gasteiger partial charge on any atom is -0.459 e. The van der Waals surface area contributed by atoms with E-state index in [-0.39, 0.29) is 36.1 Å². The van der Waals surface area contributed by atoms with Crippen molar-refractivity contribution in [2.24, 2.45) is 0 Å². The highest BCUT2D eigenvalue weighted by Crippen LogP contribution is 2.38. The summed E-state index contributed by atoms with van der Waals surface area (Å²) in [5.74, 6) is -10.7. The number of fused-ring (bicyclic) bond motifs is 2. The second-order valence-electron chi connectivity index (χ2n) is 23.7. The number of aryl methyl sites for hydroxylation is 1. The molecule has 0 spiro atoms. The van der Waals surface area contributed by atoms with Gasteiger partial charge in [-0.2, -0.15) is 0 Å². The first-order chi connectivity index (χ1) is 44.7. The molecule has 0 fully saturated rings. The van der Waals surface area contributed by atoms with Gasteiger partial charge in [0.15, 0.2) is 5.54 Å². The van der Waals surface area contributed by atoms with Crippen molar-refractivity contribution in [3.8, 4) is 11.5 Å². The predicted octanol–water partition coefficient (Wildman–Crippen LogP) is 0.472. The molecule has 1 aliphatic heterocycles. The lowest BCUT2D eigenvalue weighted by atomic mass is 9.76. The zero-order valence-corrected chi connectivity index (χ0v) is 56.4. The van der Waals surface area contributed by atoms with Crippen LogP contribution in [0.1, 0.15) is 114 Å². The van der Waals surface area contributed by atoms with E-state index in [2.05, 4.69) is 91.7 Å². The number of esters is 1. The fourth-order valence-corrected chi connectivity index (χ4v) is 9.98. The summed E-state index contributed by atoms with van der Waals surface area (Å²) in [6.07, 6.45) is 0.165. The van der Waals surface area contributed by atoms with Crippen LogP contribution >= 0.6 is 22.6 Å². The van der Waals surface area contributed by atoms with E-state index in [1.165, 1.54) is 94.4 Å². The Kier molecular flexibility index (Phi) is 25.5. The summed E-state index contributed by atoms with van der Waals surface area (Å²) in [6.45, 7) is 13.9. The Morgan fingerprint density at radius 3 is 1.56 bits per heavy atom. The first kappa shape index (κ1) is 74.0. The Labute approximate surface area is 561 Å². The minimum absolute atomic E-state index is 0.0489. The van der Waals surface area contributed by atoms with Crippen LogP contribution < -0.4 is 73.9 Å². The normalized spacial score (nSPS) is 19.1. The summed E-state index contributed by atoms with van der Waals surface area (Å²) in [6, 6.07) is 13.7. The molecule has 2 aliphatic rings. The van der Waals surface area contributed by atoms with Gasteiger partial charge in [0.05, 0.1) is 11.1 Å². The quantitative estimate of drug-likeness (QED) is 0.0355. The first-order valence-electron chi connectivity index (χ1n) is 30.6. The highest BCUT2D eigenvalue weighted by molar-refractivity contribution is 14.1. The summed E-state index contributed by atoms with van der Waals surface area (Å²) in [5.41, 5.74) is -1.73. The lowest BCUT2D eigenvalue weighted by Crippen LogP contribution is -2.66. The number of rotatable bonds is 23. The molecule has 95 heavy (non-hydrogen) atoms.